The molecular weight excluding hydrogens is 252 g/mol. The van der Waals surface area contributed by atoms with Crippen molar-refractivity contribution in [3.05, 3.63) is 11.4 Å². The molecule has 0 radical (unpaired) electrons. The second kappa shape index (κ2) is 8.04. The highest BCUT2D eigenvalue weighted by molar-refractivity contribution is 5.58. The minimum absolute atomic E-state index is 0.379. The molecule has 1 aromatic rings. The largest absolute Gasteiger partial charge is 0.392 e. The zero-order chi connectivity index (χ0) is 15.1. The number of likely N-dealkylation sites (N-methyl/N-ethyl adjacent to an activating group) is 1. The first kappa shape index (κ1) is 16.7. The van der Waals surface area contributed by atoms with E-state index in [2.05, 4.69) is 29.1 Å². The van der Waals surface area contributed by atoms with Crippen LogP contribution < -0.4 is 10.2 Å². The number of aliphatic hydroxyl groups excluding tert-OH is 1. The molecule has 0 aliphatic carbocycles. The highest BCUT2D eigenvalue weighted by Gasteiger charge is 2.15. The number of rotatable bonds is 8. The first-order chi connectivity index (χ1) is 9.49. The van der Waals surface area contributed by atoms with Crippen LogP contribution in [0.25, 0.3) is 0 Å². The van der Waals surface area contributed by atoms with E-state index in [1.54, 1.807) is 6.92 Å². The first-order valence-electron chi connectivity index (χ1n) is 7.50. The standard InChI is InChI=1S/C15H28N4O/c1-6-8-13-17-14(16-9-7-2)12(4)15(18-13)19(5)10-11(3)20/h11,20H,6-10H2,1-5H3,(H,16,17,18). The molecule has 0 saturated heterocycles. The summed E-state index contributed by atoms with van der Waals surface area (Å²) in [6.07, 6.45) is 2.58. The van der Waals surface area contributed by atoms with Crippen LogP contribution in [0.15, 0.2) is 0 Å². The molecule has 0 aromatic carbocycles. The molecule has 114 valence electrons. The van der Waals surface area contributed by atoms with E-state index in [-0.39, 0.29) is 6.10 Å². The monoisotopic (exact) mass is 280 g/mol. The Kier molecular flexibility index (Phi) is 6.71. The Balaban J connectivity index is 3.09. The molecular formula is C15H28N4O. The SMILES string of the molecule is CCCNc1nc(CCC)nc(N(C)CC(C)O)c1C. The summed E-state index contributed by atoms with van der Waals surface area (Å²) in [6.45, 7) is 9.55. The third kappa shape index (κ3) is 4.63. The Morgan fingerprint density at radius 1 is 1.25 bits per heavy atom. The van der Waals surface area contributed by atoms with Crippen LogP contribution in [0.1, 0.15) is 45.0 Å². The molecule has 2 N–H and O–H groups in total. The molecule has 0 aliphatic heterocycles. The average molecular weight is 280 g/mol. The molecule has 1 atom stereocenters. The predicted molar refractivity (Wildman–Crippen MR) is 84.5 cm³/mol. The van der Waals surface area contributed by atoms with Crippen molar-refractivity contribution < 1.29 is 5.11 Å². The van der Waals surface area contributed by atoms with Crippen LogP contribution in [0.2, 0.25) is 0 Å². The van der Waals surface area contributed by atoms with Crippen molar-refractivity contribution in [2.45, 2.75) is 53.1 Å². The van der Waals surface area contributed by atoms with Gasteiger partial charge in [0.05, 0.1) is 6.10 Å². The molecule has 0 spiro atoms. The van der Waals surface area contributed by atoms with E-state index in [1.807, 2.05) is 18.9 Å². The summed E-state index contributed by atoms with van der Waals surface area (Å²) in [5.41, 5.74) is 1.04. The lowest BCUT2D eigenvalue weighted by atomic mass is 10.2. The first-order valence-corrected chi connectivity index (χ1v) is 7.50. The van der Waals surface area contributed by atoms with E-state index >= 15 is 0 Å². The van der Waals surface area contributed by atoms with Gasteiger partial charge in [-0.2, -0.15) is 0 Å². The Labute approximate surface area is 122 Å². The van der Waals surface area contributed by atoms with Gasteiger partial charge in [0.2, 0.25) is 0 Å². The van der Waals surface area contributed by atoms with Gasteiger partial charge in [0.15, 0.2) is 0 Å². The highest BCUT2D eigenvalue weighted by atomic mass is 16.3. The number of nitrogens with one attached hydrogen (secondary N) is 1. The zero-order valence-corrected chi connectivity index (χ0v) is 13.4. The van der Waals surface area contributed by atoms with Gasteiger partial charge in [0.25, 0.3) is 0 Å². The molecule has 5 nitrogen and oxygen atoms in total. The van der Waals surface area contributed by atoms with Gasteiger partial charge in [0.1, 0.15) is 17.5 Å². The van der Waals surface area contributed by atoms with E-state index in [0.29, 0.717) is 6.54 Å². The second-order valence-electron chi connectivity index (χ2n) is 5.34. The zero-order valence-electron chi connectivity index (χ0n) is 13.4. The number of anilines is 2. The Morgan fingerprint density at radius 3 is 2.50 bits per heavy atom. The molecule has 0 amide bonds. The molecule has 5 heteroatoms. The number of aryl methyl sites for hydroxylation is 1. The van der Waals surface area contributed by atoms with Crippen LogP contribution >= 0.6 is 0 Å². The van der Waals surface area contributed by atoms with Crippen molar-refractivity contribution in [3.8, 4) is 0 Å². The number of aliphatic hydroxyl groups is 1. The van der Waals surface area contributed by atoms with Gasteiger partial charge in [-0.05, 0) is 26.7 Å². The molecule has 1 rings (SSSR count). The lowest BCUT2D eigenvalue weighted by Crippen LogP contribution is -2.29. The maximum absolute atomic E-state index is 9.56. The van der Waals surface area contributed by atoms with Gasteiger partial charge in [-0.25, -0.2) is 9.97 Å². The summed E-state index contributed by atoms with van der Waals surface area (Å²) in [7, 11) is 1.96. The van der Waals surface area contributed by atoms with Gasteiger partial charge >= 0.3 is 0 Å². The van der Waals surface area contributed by atoms with Crippen molar-refractivity contribution in [3.63, 3.8) is 0 Å². The maximum atomic E-state index is 9.56. The third-order valence-corrected chi connectivity index (χ3v) is 3.08. The van der Waals surface area contributed by atoms with Gasteiger partial charge in [0, 0.05) is 32.1 Å². The van der Waals surface area contributed by atoms with E-state index in [9.17, 15) is 5.11 Å². The van der Waals surface area contributed by atoms with E-state index in [1.165, 1.54) is 0 Å². The van der Waals surface area contributed by atoms with Gasteiger partial charge < -0.3 is 15.3 Å². The Morgan fingerprint density at radius 2 is 1.95 bits per heavy atom. The van der Waals surface area contributed by atoms with Crippen molar-refractivity contribution in [1.29, 1.82) is 0 Å². The van der Waals surface area contributed by atoms with E-state index in [4.69, 9.17) is 0 Å². The highest BCUT2D eigenvalue weighted by Crippen LogP contribution is 2.23. The van der Waals surface area contributed by atoms with Crippen LogP contribution in [0, 0.1) is 6.92 Å². The van der Waals surface area contributed by atoms with E-state index in [0.717, 1.165) is 48.8 Å². The summed E-state index contributed by atoms with van der Waals surface area (Å²) >= 11 is 0. The number of hydrogen-bond acceptors (Lipinski definition) is 5. The molecule has 0 aliphatic rings. The molecule has 1 aromatic heterocycles. The second-order valence-corrected chi connectivity index (χ2v) is 5.34. The van der Waals surface area contributed by atoms with Crippen molar-refractivity contribution in [2.75, 3.05) is 30.4 Å². The fourth-order valence-electron chi connectivity index (χ4n) is 2.16. The summed E-state index contributed by atoms with van der Waals surface area (Å²) < 4.78 is 0. The van der Waals surface area contributed by atoms with E-state index < -0.39 is 0 Å². The van der Waals surface area contributed by atoms with Crippen molar-refractivity contribution >= 4 is 11.6 Å². The molecule has 0 saturated carbocycles. The number of nitrogens with zero attached hydrogens (tertiary/aromatic N) is 3. The van der Waals surface area contributed by atoms with Crippen LogP contribution in [-0.4, -0.2) is 41.3 Å². The lowest BCUT2D eigenvalue weighted by Gasteiger charge is -2.23. The van der Waals surface area contributed by atoms with Crippen LogP contribution in [0.3, 0.4) is 0 Å². The fraction of sp³-hybridized carbons (Fsp3) is 0.733. The van der Waals surface area contributed by atoms with Crippen LogP contribution in [0.5, 0.6) is 0 Å². The van der Waals surface area contributed by atoms with Crippen molar-refractivity contribution in [2.24, 2.45) is 0 Å². The average Bonchev–Trinajstić information content (AvgIpc) is 2.38. The molecule has 0 bridgehead atoms. The third-order valence-electron chi connectivity index (χ3n) is 3.08. The molecule has 1 unspecified atom stereocenters. The minimum atomic E-state index is -0.379. The Bertz CT molecular complexity index is 421. The fourth-order valence-corrected chi connectivity index (χ4v) is 2.16. The van der Waals surface area contributed by atoms with Crippen molar-refractivity contribution in [1.82, 2.24) is 9.97 Å². The summed E-state index contributed by atoms with van der Waals surface area (Å²) in [5, 5.41) is 12.9. The van der Waals surface area contributed by atoms with Gasteiger partial charge in [-0.3, -0.25) is 0 Å². The molecule has 0 fully saturated rings. The van der Waals surface area contributed by atoms with Crippen LogP contribution in [-0.2, 0) is 6.42 Å². The smallest absolute Gasteiger partial charge is 0.137 e. The predicted octanol–water partition coefficient (Wildman–Crippen LogP) is 2.38. The van der Waals surface area contributed by atoms with Crippen LogP contribution in [0.4, 0.5) is 11.6 Å². The van der Waals surface area contributed by atoms with Gasteiger partial charge in [-0.15, -0.1) is 0 Å². The summed E-state index contributed by atoms with van der Waals surface area (Å²) in [5.74, 6) is 2.69. The maximum Gasteiger partial charge on any atom is 0.137 e. The number of aromatic nitrogens is 2. The molecule has 20 heavy (non-hydrogen) atoms. The minimum Gasteiger partial charge on any atom is -0.392 e. The quantitative estimate of drug-likeness (QED) is 0.765. The summed E-state index contributed by atoms with van der Waals surface area (Å²) in [6, 6.07) is 0. The topological polar surface area (TPSA) is 61.3 Å². The Hall–Kier alpha value is -1.36. The number of hydrogen-bond donors (Lipinski definition) is 2. The molecule has 1 heterocycles. The summed E-state index contributed by atoms with van der Waals surface area (Å²) in [4.78, 5) is 11.3. The van der Waals surface area contributed by atoms with Gasteiger partial charge in [-0.1, -0.05) is 13.8 Å². The normalized spacial score (nSPS) is 12.3. The lowest BCUT2D eigenvalue weighted by molar-refractivity contribution is 0.201.